The minimum absolute atomic E-state index is 0.344. The summed E-state index contributed by atoms with van der Waals surface area (Å²) in [5.74, 6) is 2.30. The zero-order valence-corrected chi connectivity index (χ0v) is 31.7. The molecule has 0 bridgehead atoms. The quantitative estimate of drug-likeness (QED) is 0.160. The number of imidazole rings is 1. The predicted molar refractivity (Wildman–Crippen MR) is 221 cm³/mol. The molecule has 0 amide bonds. The molecule has 2 heterocycles. The van der Waals surface area contributed by atoms with E-state index in [9.17, 15) is 0 Å². The molecule has 6 aromatic carbocycles. The Kier molecular flexibility index (Phi) is 8.62. The molecule has 2 aromatic heterocycles. The van der Waals surface area contributed by atoms with Crippen LogP contribution in [0.15, 0.2) is 126 Å². The van der Waals surface area contributed by atoms with E-state index in [0.29, 0.717) is 23.7 Å². The Morgan fingerprint density at radius 3 is 1.77 bits per heavy atom. The highest BCUT2D eigenvalue weighted by molar-refractivity contribution is 6.10. The Morgan fingerprint density at radius 1 is 0.500 bits per heavy atom. The molecule has 0 saturated carbocycles. The first-order chi connectivity index (χ1) is 25.1. The van der Waals surface area contributed by atoms with Crippen LogP contribution in [0, 0.1) is 0 Å². The standard InChI is InChI=1S/C49H48N2O/c1-29(2)36-18-14-19-37(30(3)4)47(36)51-44-23-13-12-22-43(44)50-49(51)40-21-15-20-39-38-25-24-34(28-45(38)52-48(39)40)46-41(31(5)6)26-35(27-42(46)32(7)8)33-16-10-9-11-17-33/h9-32H,1-8H3. The van der Waals surface area contributed by atoms with Gasteiger partial charge >= 0.3 is 0 Å². The number of para-hydroxylation sites is 4. The maximum Gasteiger partial charge on any atom is 0.149 e. The van der Waals surface area contributed by atoms with Crippen LogP contribution in [0.2, 0.25) is 0 Å². The van der Waals surface area contributed by atoms with Crippen LogP contribution in [0.3, 0.4) is 0 Å². The zero-order valence-electron chi connectivity index (χ0n) is 31.7. The van der Waals surface area contributed by atoms with Gasteiger partial charge < -0.3 is 4.42 Å². The molecule has 8 aromatic rings. The van der Waals surface area contributed by atoms with E-state index >= 15 is 0 Å². The molecule has 260 valence electrons. The van der Waals surface area contributed by atoms with Crippen molar-refractivity contribution < 1.29 is 4.42 Å². The third-order valence-corrected chi connectivity index (χ3v) is 10.7. The summed E-state index contributed by atoms with van der Waals surface area (Å²) in [7, 11) is 0. The number of hydrogen-bond donors (Lipinski definition) is 0. The van der Waals surface area contributed by atoms with Gasteiger partial charge in [-0.3, -0.25) is 4.57 Å². The van der Waals surface area contributed by atoms with Crippen molar-refractivity contribution in [3.05, 3.63) is 144 Å². The van der Waals surface area contributed by atoms with Gasteiger partial charge in [-0.2, -0.15) is 0 Å². The van der Waals surface area contributed by atoms with Crippen molar-refractivity contribution in [3.63, 3.8) is 0 Å². The SMILES string of the molecule is CC(C)c1cc(-c2ccccc2)cc(C(C)C)c1-c1ccc2c(c1)oc1c(-c3nc4ccccc4n3-c3c(C(C)C)cccc3C(C)C)cccc12. The monoisotopic (exact) mass is 680 g/mol. The number of aromatic nitrogens is 2. The van der Waals surface area contributed by atoms with E-state index in [1.165, 1.54) is 50.2 Å². The number of nitrogens with zero attached hydrogens (tertiary/aromatic N) is 2. The molecule has 0 saturated heterocycles. The number of benzene rings is 6. The average Bonchev–Trinajstić information content (AvgIpc) is 3.72. The zero-order chi connectivity index (χ0) is 36.3. The van der Waals surface area contributed by atoms with Gasteiger partial charge in [-0.1, -0.05) is 146 Å². The van der Waals surface area contributed by atoms with E-state index in [2.05, 4.69) is 181 Å². The van der Waals surface area contributed by atoms with E-state index in [-0.39, 0.29) is 0 Å². The molecule has 8 rings (SSSR count). The van der Waals surface area contributed by atoms with Gasteiger partial charge in [0.15, 0.2) is 0 Å². The van der Waals surface area contributed by atoms with Gasteiger partial charge in [-0.15, -0.1) is 0 Å². The van der Waals surface area contributed by atoms with Crippen molar-refractivity contribution >= 4 is 33.0 Å². The highest BCUT2D eigenvalue weighted by Crippen LogP contribution is 2.44. The van der Waals surface area contributed by atoms with E-state index < -0.39 is 0 Å². The largest absolute Gasteiger partial charge is 0.455 e. The van der Waals surface area contributed by atoms with E-state index in [4.69, 9.17) is 9.40 Å². The first-order valence-electron chi connectivity index (χ1n) is 18.9. The minimum atomic E-state index is 0.344. The third kappa shape index (κ3) is 5.64. The van der Waals surface area contributed by atoms with Crippen LogP contribution in [0.1, 0.15) is 101 Å². The van der Waals surface area contributed by atoms with Gasteiger partial charge in [0, 0.05) is 10.8 Å². The summed E-state index contributed by atoms with van der Waals surface area (Å²) in [6.07, 6.45) is 0. The molecule has 52 heavy (non-hydrogen) atoms. The summed E-state index contributed by atoms with van der Waals surface area (Å²) in [6, 6.07) is 44.1. The first-order valence-corrected chi connectivity index (χ1v) is 18.9. The van der Waals surface area contributed by atoms with Crippen LogP contribution in [0.5, 0.6) is 0 Å². The van der Waals surface area contributed by atoms with Gasteiger partial charge in [-0.25, -0.2) is 4.98 Å². The van der Waals surface area contributed by atoms with Crippen molar-refractivity contribution in [2.75, 3.05) is 0 Å². The summed E-state index contributed by atoms with van der Waals surface area (Å²) in [5.41, 5.74) is 16.5. The van der Waals surface area contributed by atoms with Crippen LogP contribution in [0.25, 0.3) is 72.3 Å². The second kappa shape index (κ2) is 13.3. The Hall–Kier alpha value is -5.41. The maximum absolute atomic E-state index is 6.98. The van der Waals surface area contributed by atoms with Crippen molar-refractivity contribution in [1.29, 1.82) is 0 Å². The fourth-order valence-electron chi connectivity index (χ4n) is 8.06. The molecule has 0 N–H and O–H groups in total. The molecule has 0 aliphatic heterocycles. The van der Waals surface area contributed by atoms with Crippen LogP contribution in [0.4, 0.5) is 0 Å². The molecular weight excluding hydrogens is 633 g/mol. The topological polar surface area (TPSA) is 31.0 Å². The minimum Gasteiger partial charge on any atom is -0.455 e. The lowest BCUT2D eigenvalue weighted by atomic mass is 9.82. The van der Waals surface area contributed by atoms with E-state index in [0.717, 1.165) is 44.4 Å². The van der Waals surface area contributed by atoms with Gasteiger partial charge in [0.05, 0.1) is 22.3 Å². The molecule has 3 heteroatoms. The number of rotatable bonds is 8. The lowest BCUT2D eigenvalue weighted by Gasteiger charge is -2.22. The van der Waals surface area contributed by atoms with Crippen molar-refractivity contribution in [2.45, 2.75) is 79.1 Å². The Balaban J connectivity index is 1.36. The normalized spacial score (nSPS) is 12.2. The second-order valence-corrected chi connectivity index (χ2v) is 15.6. The molecule has 0 unspecified atom stereocenters. The van der Waals surface area contributed by atoms with Gasteiger partial charge in [-0.05, 0) is 98.5 Å². The van der Waals surface area contributed by atoms with Crippen molar-refractivity contribution in [3.8, 4) is 39.3 Å². The predicted octanol–water partition coefficient (Wildman–Crippen LogP) is 14.4. The van der Waals surface area contributed by atoms with Gasteiger partial charge in [0.1, 0.15) is 17.0 Å². The van der Waals surface area contributed by atoms with Crippen LogP contribution in [-0.4, -0.2) is 9.55 Å². The highest BCUT2D eigenvalue weighted by atomic mass is 16.3. The number of hydrogen-bond acceptors (Lipinski definition) is 2. The Morgan fingerprint density at radius 2 is 1.12 bits per heavy atom. The Bertz CT molecular complexity index is 2520. The maximum atomic E-state index is 6.98. The summed E-state index contributed by atoms with van der Waals surface area (Å²) in [5, 5.41) is 2.22. The van der Waals surface area contributed by atoms with Crippen molar-refractivity contribution in [2.24, 2.45) is 0 Å². The van der Waals surface area contributed by atoms with Crippen molar-refractivity contribution in [1.82, 2.24) is 9.55 Å². The summed E-state index contributed by atoms with van der Waals surface area (Å²) in [4.78, 5) is 5.34. The van der Waals surface area contributed by atoms with E-state index in [1.807, 2.05) is 0 Å². The molecule has 0 spiro atoms. The molecule has 0 fully saturated rings. The highest BCUT2D eigenvalue weighted by Gasteiger charge is 2.25. The summed E-state index contributed by atoms with van der Waals surface area (Å²) in [6.45, 7) is 18.3. The van der Waals surface area contributed by atoms with Crippen LogP contribution < -0.4 is 0 Å². The first kappa shape index (κ1) is 33.7. The van der Waals surface area contributed by atoms with Crippen LogP contribution >= 0.6 is 0 Å². The molecule has 0 atom stereocenters. The molecular formula is C49H48N2O. The fourth-order valence-corrected chi connectivity index (χ4v) is 8.06. The second-order valence-electron chi connectivity index (χ2n) is 15.6. The molecule has 0 aliphatic carbocycles. The summed E-state index contributed by atoms with van der Waals surface area (Å²) >= 11 is 0. The Labute approximate surface area is 308 Å². The van der Waals surface area contributed by atoms with E-state index in [1.54, 1.807) is 0 Å². The molecule has 0 aliphatic rings. The fraction of sp³-hybridized carbons (Fsp3) is 0.245. The number of fused-ring (bicyclic) bond motifs is 4. The molecule has 3 nitrogen and oxygen atoms in total. The smallest absolute Gasteiger partial charge is 0.149 e. The lowest BCUT2D eigenvalue weighted by Crippen LogP contribution is -2.08. The lowest BCUT2D eigenvalue weighted by molar-refractivity contribution is 0.669. The third-order valence-electron chi connectivity index (χ3n) is 10.7. The van der Waals surface area contributed by atoms with Crippen LogP contribution in [-0.2, 0) is 0 Å². The number of furan rings is 1. The average molecular weight is 681 g/mol. The van der Waals surface area contributed by atoms with Gasteiger partial charge in [0.25, 0.3) is 0 Å². The molecule has 0 radical (unpaired) electrons. The summed E-state index contributed by atoms with van der Waals surface area (Å²) < 4.78 is 9.38. The van der Waals surface area contributed by atoms with Gasteiger partial charge in [0.2, 0.25) is 0 Å².